The monoisotopic (exact) mass is 406 g/mol. The molecule has 27 heavy (non-hydrogen) atoms. The summed E-state index contributed by atoms with van der Waals surface area (Å²) in [7, 11) is 0. The van der Waals surface area contributed by atoms with Crippen molar-refractivity contribution in [3.63, 3.8) is 0 Å². The number of rotatable bonds is 7. The molecule has 142 valence electrons. The van der Waals surface area contributed by atoms with E-state index in [0.717, 1.165) is 6.42 Å². The Labute approximate surface area is 165 Å². The standard InChI is InChI=1S/C19H19ClN2O4S/c1-3-8-26-18(24)12(2)27-19-21-16-10-13(20)6-7-15(16)17(23)22(19)11-14-5-4-9-25-14/h4-7,9-10,12H,3,8,11H2,1-2H3. The van der Waals surface area contributed by atoms with Gasteiger partial charge in [0, 0.05) is 5.02 Å². The lowest BCUT2D eigenvalue weighted by atomic mass is 10.2. The number of aromatic nitrogens is 2. The number of nitrogens with zero attached hydrogens (tertiary/aromatic N) is 2. The third-order valence-electron chi connectivity index (χ3n) is 3.84. The fourth-order valence-electron chi connectivity index (χ4n) is 2.49. The maximum absolute atomic E-state index is 13.0. The van der Waals surface area contributed by atoms with E-state index in [1.54, 1.807) is 43.5 Å². The first-order chi connectivity index (χ1) is 13.0. The molecular formula is C19H19ClN2O4S. The van der Waals surface area contributed by atoms with E-state index in [4.69, 9.17) is 20.8 Å². The van der Waals surface area contributed by atoms with Gasteiger partial charge in [-0.3, -0.25) is 14.2 Å². The summed E-state index contributed by atoms with van der Waals surface area (Å²) in [5.41, 5.74) is 0.268. The van der Waals surface area contributed by atoms with Crippen LogP contribution in [0.5, 0.6) is 0 Å². The van der Waals surface area contributed by atoms with Crippen molar-refractivity contribution in [2.24, 2.45) is 0 Å². The summed E-state index contributed by atoms with van der Waals surface area (Å²) < 4.78 is 12.1. The average molecular weight is 407 g/mol. The van der Waals surface area contributed by atoms with Crippen molar-refractivity contribution < 1.29 is 13.9 Å². The molecule has 0 spiro atoms. The Balaban J connectivity index is 2.02. The quantitative estimate of drug-likeness (QED) is 0.333. The first-order valence-corrected chi connectivity index (χ1v) is 9.81. The molecule has 3 aromatic rings. The zero-order valence-corrected chi connectivity index (χ0v) is 16.5. The van der Waals surface area contributed by atoms with Gasteiger partial charge < -0.3 is 9.15 Å². The van der Waals surface area contributed by atoms with Crippen molar-refractivity contribution in [3.05, 3.63) is 57.7 Å². The second-order valence-corrected chi connectivity index (χ2v) is 7.70. The van der Waals surface area contributed by atoms with Crippen molar-refractivity contribution >= 4 is 40.2 Å². The Bertz CT molecular complexity index is 1000. The molecule has 0 bridgehead atoms. The van der Waals surface area contributed by atoms with Gasteiger partial charge in [-0.2, -0.15) is 0 Å². The zero-order valence-electron chi connectivity index (χ0n) is 15.0. The molecule has 8 heteroatoms. The summed E-state index contributed by atoms with van der Waals surface area (Å²) in [5, 5.41) is 0.844. The van der Waals surface area contributed by atoms with E-state index in [-0.39, 0.29) is 18.1 Å². The van der Waals surface area contributed by atoms with Crippen LogP contribution < -0.4 is 5.56 Å². The third kappa shape index (κ3) is 4.54. The highest BCUT2D eigenvalue weighted by Crippen LogP contribution is 2.25. The van der Waals surface area contributed by atoms with Crippen LogP contribution in [0.2, 0.25) is 5.02 Å². The van der Waals surface area contributed by atoms with Crippen molar-refractivity contribution in [2.45, 2.75) is 37.2 Å². The Morgan fingerprint density at radius 2 is 2.22 bits per heavy atom. The minimum atomic E-state index is -0.511. The van der Waals surface area contributed by atoms with Crippen molar-refractivity contribution in [1.29, 1.82) is 0 Å². The number of ether oxygens (including phenoxy) is 1. The number of benzene rings is 1. The Morgan fingerprint density at radius 1 is 1.41 bits per heavy atom. The molecule has 1 unspecified atom stereocenters. The molecule has 0 fully saturated rings. The summed E-state index contributed by atoms with van der Waals surface area (Å²) >= 11 is 7.22. The van der Waals surface area contributed by atoms with E-state index in [1.807, 2.05) is 6.92 Å². The van der Waals surface area contributed by atoms with Crippen LogP contribution in [0.4, 0.5) is 0 Å². The van der Waals surface area contributed by atoms with Gasteiger partial charge >= 0.3 is 5.97 Å². The van der Waals surface area contributed by atoms with E-state index < -0.39 is 5.25 Å². The number of carbonyl (C=O) groups is 1. The van der Waals surface area contributed by atoms with E-state index in [0.29, 0.717) is 33.4 Å². The third-order valence-corrected chi connectivity index (χ3v) is 5.14. The molecule has 2 heterocycles. The van der Waals surface area contributed by atoms with Gasteiger partial charge in [0.2, 0.25) is 0 Å². The van der Waals surface area contributed by atoms with Crippen LogP contribution in [0, 0.1) is 0 Å². The maximum atomic E-state index is 13.0. The largest absolute Gasteiger partial charge is 0.467 e. The predicted octanol–water partition coefficient (Wildman–Crippen LogP) is 4.13. The summed E-state index contributed by atoms with van der Waals surface area (Å²) in [6, 6.07) is 8.48. The molecule has 0 radical (unpaired) electrons. The first-order valence-electron chi connectivity index (χ1n) is 8.55. The van der Waals surface area contributed by atoms with Gasteiger partial charge in [-0.15, -0.1) is 0 Å². The lowest BCUT2D eigenvalue weighted by Crippen LogP contribution is -2.26. The van der Waals surface area contributed by atoms with E-state index >= 15 is 0 Å². The first kappa shape index (κ1) is 19.5. The SMILES string of the molecule is CCCOC(=O)C(C)Sc1nc2cc(Cl)ccc2c(=O)n1Cc1ccco1. The highest BCUT2D eigenvalue weighted by Gasteiger charge is 2.21. The summed E-state index contributed by atoms with van der Waals surface area (Å²) in [6.07, 6.45) is 2.30. The van der Waals surface area contributed by atoms with Gasteiger partial charge in [0.1, 0.15) is 11.0 Å². The summed E-state index contributed by atoms with van der Waals surface area (Å²) in [5.74, 6) is 0.280. The number of hydrogen-bond donors (Lipinski definition) is 0. The number of esters is 1. The van der Waals surface area contributed by atoms with Gasteiger partial charge in [-0.05, 0) is 43.7 Å². The predicted molar refractivity (Wildman–Crippen MR) is 105 cm³/mol. The number of furan rings is 1. The minimum Gasteiger partial charge on any atom is -0.467 e. The smallest absolute Gasteiger partial charge is 0.319 e. The maximum Gasteiger partial charge on any atom is 0.319 e. The Morgan fingerprint density at radius 3 is 2.93 bits per heavy atom. The molecule has 0 aliphatic carbocycles. The van der Waals surface area contributed by atoms with Crippen LogP contribution in [-0.4, -0.2) is 27.4 Å². The molecule has 0 saturated heterocycles. The average Bonchev–Trinajstić information content (AvgIpc) is 3.15. The number of halogens is 1. The molecule has 1 aromatic carbocycles. The van der Waals surface area contributed by atoms with Crippen LogP contribution in [0.3, 0.4) is 0 Å². The fraction of sp³-hybridized carbons (Fsp3) is 0.316. The Hall–Kier alpha value is -2.25. The topological polar surface area (TPSA) is 74.3 Å². The molecular weight excluding hydrogens is 388 g/mol. The van der Waals surface area contributed by atoms with E-state index in [2.05, 4.69) is 4.98 Å². The highest BCUT2D eigenvalue weighted by molar-refractivity contribution is 8.00. The second kappa shape index (κ2) is 8.63. The van der Waals surface area contributed by atoms with Gasteiger partial charge in [-0.25, -0.2) is 4.98 Å². The molecule has 0 saturated carbocycles. The fourth-order valence-corrected chi connectivity index (χ4v) is 3.56. The van der Waals surface area contributed by atoms with Crippen molar-refractivity contribution in [1.82, 2.24) is 9.55 Å². The normalized spacial score (nSPS) is 12.3. The molecule has 0 N–H and O–H groups in total. The molecule has 0 aliphatic rings. The van der Waals surface area contributed by atoms with Gasteiger partial charge in [-0.1, -0.05) is 30.3 Å². The van der Waals surface area contributed by atoms with Gasteiger partial charge in [0.05, 0.1) is 30.3 Å². The van der Waals surface area contributed by atoms with Crippen LogP contribution in [-0.2, 0) is 16.1 Å². The van der Waals surface area contributed by atoms with Gasteiger partial charge in [0.15, 0.2) is 5.16 Å². The van der Waals surface area contributed by atoms with Crippen LogP contribution in [0.15, 0.2) is 51.0 Å². The lowest BCUT2D eigenvalue weighted by molar-refractivity contribution is -0.142. The summed E-state index contributed by atoms with van der Waals surface area (Å²) in [6.45, 7) is 4.25. The molecule has 2 aromatic heterocycles. The zero-order chi connectivity index (χ0) is 19.4. The lowest BCUT2D eigenvalue weighted by Gasteiger charge is -2.15. The van der Waals surface area contributed by atoms with Crippen molar-refractivity contribution in [2.75, 3.05) is 6.61 Å². The molecule has 3 rings (SSSR count). The van der Waals surface area contributed by atoms with Gasteiger partial charge in [0.25, 0.3) is 5.56 Å². The number of carbonyl (C=O) groups excluding carboxylic acids is 1. The number of thioether (sulfide) groups is 1. The van der Waals surface area contributed by atoms with E-state index in [1.165, 1.54) is 16.3 Å². The van der Waals surface area contributed by atoms with Crippen LogP contribution in [0.25, 0.3) is 10.9 Å². The number of fused-ring (bicyclic) bond motifs is 1. The van der Waals surface area contributed by atoms with Crippen molar-refractivity contribution in [3.8, 4) is 0 Å². The molecule has 0 amide bonds. The minimum absolute atomic E-state index is 0.218. The van der Waals surface area contributed by atoms with E-state index in [9.17, 15) is 9.59 Å². The molecule has 0 aliphatic heterocycles. The Kier molecular flexibility index (Phi) is 6.23. The van der Waals surface area contributed by atoms with Crippen LogP contribution in [0.1, 0.15) is 26.0 Å². The second-order valence-electron chi connectivity index (χ2n) is 5.95. The summed E-state index contributed by atoms with van der Waals surface area (Å²) in [4.78, 5) is 29.7. The highest BCUT2D eigenvalue weighted by atomic mass is 35.5. The number of hydrogen-bond acceptors (Lipinski definition) is 6. The van der Waals surface area contributed by atoms with Crippen LogP contribution >= 0.6 is 23.4 Å². The molecule has 6 nitrogen and oxygen atoms in total. The molecule has 1 atom stereocenters.